The van der Waals surface area contributed by atoms with Gasteiger partial charge in [-0.15, -0.1) is 0 Å². The molecule has 1 amide bonds. The van der Waals surface area contributed by atoms with Crippen LogP contribution in [0.25, 0.3) is 0 Å². The third-order valence-electron chi connectivity index (χ3n) is 2.38. The Morgan fingerprint density at radius 3 is 2.47 bits per heavy atom. The van der Waals surface area contributed by atoms with Crippen LogP contribution in [0.2, 0.25) is 10.0 Å². The summed E-state index contributed by atoms with van der Waals surface area (Å²) in [5.74, 6) is -0.338. The number of hydrogen-bond donors (Lipinski definition) is 2. The van der Waals surface area contributed by atoms with Gasteiger partial charge in [-0.1, -0.05) is 39.1 Å². The van der Waals surface area contributed by atoms with E-state index in [0.29, 0.717) is 16.3 Å². The number of amides is 1. The Morgan fingerprint density at radius 2 is 1.84 bits per heavy atom. The van der Waals surface area contributed by atoms with Crippen molar-refractivity contribution in [2.45, 2.75) is 0 Å². The van der Waals surface area contributed by atoms with Crippen molar-refractivity contribution < 1.29 is 9.90 Å². The molecule has 0 saturated carbocycles. The van der Waals surface area contributed by atoms with E-state index in [0.717, 1.165) is 4.47 Å². The average molecular weight is 361 g/mol. The van der Waals surface area contributed by atoms with Gasteiger partial charge in [-0.3, -0.25) is 4.79 Å². The topological polar surface area (TPSA) is 49.3 Å². The number of nitrogens with one attached hydrogen (secondary N) is 1. The molecule has 6 heteroatoms. The van der Waals surface area contributed by atoms with E-state index in [1.165, 1.54) is 18.2 Å². The summed E-state index contributed by atoms with van der Waals surface area (Å²) in [6, 6.07) is 9.26. The van der Waals surface area contributed by atoms with Gasteiger partial charge in [0.1, 0.15) is 5.75 Å². The summed E-state index contributed by atoms with van der Waals surface area (Å²) in [5, 5.41) is 12.5. The quantitative estimate of drug-likeness (QED) is 0.761. The third kappa shape index (κ3) is 3.41. The van der Waals surface area contributed by atoms with Crippen LogP contribution in [0.15, 0.2) is 40.9 Å². The van der Waals surface area contributed by atoms with Gasteiger partial charge in [-0.2, -0.15) is 0 Å². The summed E-state index contributed by atoms with van der Waals surface area (Å²) >= 11 is 15.2. The lowest BCUT2D eigenvalue weighted by atomic mass is 10.2. The summed E-state index contributed by atoms with van der Waals surface area (Å²) in [5.41, 5.74) is 0.748. The van der Waals surface area contributed by atoms with E-state index < -0.39 is 0 Å². The van der Waals surface area contributed by atoms with E-state index in [4.69, 9.17) is 23.2 Å². The maximum atomic E-state index is 12.1. The Morgan fingerprint density at radius 1 is 1.11 bits per heavy atom. The molecule has 0 radical (unpaired) electrons. The summed E-state index contributed by atoms with van der Waals surface area (Å²) in [7, 11) is 0. The van der Waals surface area contributed by atoms with Crippen LogP contribution in [-0.4, -0.2) is 11.0 Å². The highest BCUT2D eigenvalue weighted by molar-refractivity contribution is 9.10. The smallest absolute Gasteiger partial charge is 0.257 e. The number of phenolic OH excluding ortho intramolecular Hbond substituents is 1. The van der Waals surface area contributed by atoms with Crippen LogP contribution in [0.3, 0.4) is 0 Å². The minimum Gasteiger partial charge on any atom is -0.508 e. The number of rotatable bonds is 2. The van der Waals surface area contributed by atoms with Gasteiger partial charge in [-0.05, 0) is 30.3 Å². The Balaban J connectivity index is 2.25. The molecule has 0 aromatic heterocycles. The highest BCUT2D eigenvalue weighted by Gasteiger charge is 2.12. The Bertz CT molecular complexity index is 647. The van der Waals surface area contributed by atoms with Crippen molar-refractivity contribution in [3.8, 4) is 5.75 Å². The third-order valence-corrected chi connectivity index (χ3v) is 3.50. The van der Waals surface area contributed by atoms with Crippen molar-refractivity contribution in [3.05, 3.63) is 56.5 Å². The number of hydrogen-bond acceptors (Lipinski definition) is 2. The van der Waals surface area contributed by atoms with Crippen molar-refractivity contribution in [2.75, 3.05) is 5.32 Å². The number of benzene rings is 2. The molecule has 0 atom stereocenters. The molecule has 0 saturated heterocycles. The summed E-state index contributed by atoms with van der Waals surface area (Å²) < 4.78 is 0.789. The molecule has 2 aromatic carbocycles. The largest absolute Gasteiger partial charge is 0.508 e. The lowest BCUT2D eigenvalue weighted by molar-refractivity contribution is 0.102. The molecule has 2 rings (SSSR count). The molecular weight excluding hydrogens is 353 g/mol. The molecule has 98 valence electrons. The Labute approximate surface area is 128 Å². The van der Waals surface area contributed by atoms with Gasteiger partial charge in [0.05, 0.1) is 21.3 Å². The van der Waals surface area contributed by atoms with Crippen molar-refractivity contribution in [1.29, 1.82) is 0 Å². The Kier molecular flexibility index (Phi) is 4.34. The van der Waals surface area contributed by atoms with Crippen molar-refractivity contribution in [2.24, 2.45) is 0 Å². The lowest BCUT2D eigenvalue weighted by Crippen LogP contribution is -2.12. The molecule has 0 spiro atoms. The van der Waals surface area contributed by atoms with E-state index in [-0.39, 0.29) is 16.7 Å². The molecule has 0 unspecified atom stereocenters. The van der Waals surface area contributed by atoms with Gasteiger partial charge in [0.25, 0.3) is 5.91 Å². The van der Waals surface area contributed by atoms with Gasteiger partial charge in [0.15, 0.2) is 0 Å². The molecular formula is C13H8BrCl2NO2. The summed E-state index contributed by atoms with van der Waals surface area (Å²) in [6.07, 6.45) is 0. The van der Waals surface area contributed by atoms with Gasteiger partial charge in [0.2, 0.25) is 0 Å². The molecule has 0 aliphatic carbocycles. The molecule has 19 heavy (non-hydrogen) atoms. The van der Waals surface area contributed by atoms with Crippen LogP contribution in [0.4, 0.5) is 5.69 Å². The first-order chi connectivity index (χ1) is 8.97. The molecule has 2 aromatic rings. The number of phenols is 1. The van der Waals surface area contributed by atoms with Crippen LogP contribution in [-0.2, 0) is 0 Å². The van der Waals surface area contributed by atoms with E-state index in [2.05, 4.69) is 21.2 Å². The van der Waals surface area contributed by atoms with Crippen molar-refractivity contribution in [3.63, 3.8) is 0 Å². The molecule has 0 heterocycles. The fraction of sp³-hybridized carbons (Fsp3) is 0. The molecule has 3 nitrogen and oxygen atoms in total. The molecule has 2 N–H and O–H groups in total. The van der Waals surface area contributed by atoms with Crippen molar-refractivity contribution >= 4 is 50.7 Å². The second-order valence-corrected chi connectivity index (χ2v) is 5.47. The van der Waals surface area contributed by atoms with Gasteiger partial charge >= 0.3 is 0 Å². The van der Waals surface area contributed by atoms with Crippen LogP contribution in [0.5, 0.6) is 5.75 Å². The number of halogens is 3. The van der Waals surface area contributed by atoms with E-state index in [1.54, 1.807) is 18.2 Å². The second kappa shape index (κ2) is 5.82. The highest BCUT2D eigenvalue weighted by atomic mass is 79.9. The maximum absolute atomic E-state index is 12.1. The number of carbonyl (C=O) groups excluding carboxylic acids is 1. The lowest BCUT2D eigenvalue weighted by Gasteiger charge is -2.09. The summed E-state index contributed by atoms with van der Waals surface area (Å²) in [4.78, 5) is 12.1. The number of anilines is 1. The van der Waals surface area contributed by atoms with Crippen LogP contribution in [0.1, 0.15) is 10.4 Å². The molecule has 0 fully saturated rings. The number of aromatic hydroxyl groups is 1. The molecule has 0 aliphatic rings. The first kappa shape index (κ1) is 14.2. The Hall–Kier alpha value is -1.23. The molecule has 0 bridgehead atoms. The normalized spacial score (nSPS) is 10.3. The minimum atomic E-state index is -0.370. The summed E-state index contributed by atoms with van der Waals surface area (Å²) in [6.45, 7) is 0. The zero-order valence-corrected chi connectivity index (χ0v) is 12.6. The second-order valence-electron chi connectivity index (χ2n) is 3.74. The van der Waals surface area contributed by atoms with Gasteiger partial charge in [0, 0.05) is 10.5 Å². The first-order valence-electron chi connectivity index (χ1n) is 5.22. The van der Waals surface area contributed by atoms with E-state index in [9.17, 15) is 9.90 Å². The van der Waals surface area contributed by atoms with E-state index >= 15 is 0 Å². The van der Waals surface area contributed by atoms with Crippen LogP contribution in [0, 0.1) is 0 Å². The fourth-order valence-electron chi connectivity index (χ4n) is 1.47. The first-order valence-corrected chi connectivity index (χ1v) is 6.77. The zero-order chi connectivity index (χ0) is 14.0. The fourth-order valence-corrected chi connectivity index (χ4v) is 2.45. The van der Waals surface area contributed by atoms with Crippen LogP contribution < -0.4 is 5.32 Å². The van der Waals surface area contributed by atoms with E-state index in [1.807, 2.05) is 0 Å². The average Bonchev–Trinajstić information content (AvgIpc) is 2.32. The zero-order valence-electron chi connectivity index (χ0n) is 9.45. The minimum absolute atomic E-state index is 0.0321. The predicted octanol–water partition coefficient (Wildman–Crippen LogP) is 4.71. The van der Waals surface area contributed by atoms with Crippen molar-refractivity contribution in [1.82, 2.24) is 0 Å². The molecule has 0 aliphatic heterocycles. The monoisotopic (exact) mass is 359 g/mol. The van der Waals surface area contributed by atoms with Gasteiger partial charge < -0.3 is 10.4 Å². The van der Waals surface area contributed by atoms with Gasteiger partial charge in [-0.25, -0.2) is 0 Å². The standard InChI is InChI=1S/C13H8BrCl2NO2/c14-7-1-3-9(10(15)5-7)13(19)17-12-4-2-8(18)6-11(12)16/h1-6,18H,(H,17,19). The van der Waals surface area contributed by atoms with Crippen LogP contribution >= 0.6 is 39.1 Å². The number of carbonyl (C=O) groups is 1. The SMILES string of the molecule is O=C(Nc1ccc(O)cc1Cl)c1ccc(Br)cc1Cl. The highest BCUT2D eigenvalue weighted by Crippen LogP contribution is 2.27. The predicted molar refractivity (Wildman–Crippen MR) is 80.2 cm³/mol. The maximum Gasteiger partial charge on any atom is 0.257 e.